The summed E-state index contributed by atoms with van der Waals surface area (Å²) in [6.07, 6.45) is -0.311. The topological polar surface area (TPSA) is 95.5 Å². The van der Waals surface area contributed by atoms with E-state index in [1.807, 2.05) is 0 Å². The van der Waals surface area contributed by atoms with Crippen molar-refractivity contribution in [2.24, 2.45) is 0 Å². The van der Waals surface area contributed by atoms with Crippen LogP contribution in [0.5, 0.6) is 0 Å². The Morgan fingerprint density at radius 1 is 1.33 bits per heavy atom. The van der Waals surface area contributed by atoms with Gasteiger partial charge >= 0.3 is 5.97 Å². The van der Waals surface area contributed by atoms with Crippen LogP contribution in [0.2, 0.25) is 0 Å². The van der Waals surface area contributed by atoms with Gasteiger partial charge < -0.3 is 5.11 Å². The summed E-state index contributed by atoms with van der Waals surface area (Å²) >= 11 is 0. The Bertz CT molecular complexity index is 487. The highest BCUT2D eigenvalue weighted by atomic mass is 32.2. The summed E-state index contributed by atoms with van der Waals surface area (Å²) in [7, 11) is -3.69. The zero-order chi connectivity index (χ0) is 13.6. The lowest BCUT2D eigenvalue weighted by Crippen LogP contribution is -2.39. The van der Waals surface area contributed by atoms with E-state index in [-0.39, 0.29) is 13.0 Å². The van der Waals surface area contributed by atoms with Gasteiger partial charge in [0.05, 0.1) is 12.5 Å². The van der Waals surface area contributed by atoms with Gasteiger partial charge in [0.1, 0.15) is 0 Å². The molecule has 0 spiro atoms. The minimum atomic E-state index is -3.69. The van der Waals surface area contributed by atoms with E-state index in [9.17, 15) is 13.2 Å². The van der Waals surface area contributed by atoms with Gasteiger partial charge in [-0.3, -0.25) is 4.79 Å². The van der Waals surface area contributed by atoms with E-state index in [0.29, 0.717) is 5.56 Å². The fraction of sp³-hybridized carbons (Fsp3) is 0.364. The largest absolute Gasteiger partial charge is 0.481 e. The molecule has 7 heteroatoms. The number of rotatable bonds is 7. The van der Waals surface area contributed by atoms with Gasteiger partial charge in [-0.25, -0.2) is 4.72 Å². The van der Waals surface area contributed by atoms with E-state index in [1.165, 1.54) is 0 Å². The number of nitrogens with one attached hydrogen (secondary N) is 2. The van der Waals surface area contributed by atoms with Crippen molar-refractivity contribution < 1.29 is 18.3 Å². The normalized spacial score (nSPS) is 13.2. The number of hydrogen-bond donors (Lipinski definition) is 3. The third kappa shape index (κ3) is 4.82. The first-order chi connectivity index (χ1) is 8.44. The molecule has 0 fully saturated rings. The summed E-state index contributed by atoms with van der Waals surface area (Å²) in [5.41, 5.74) is 0.612. The summed E-state index contributed by atoms with van der Waals surface area (Å²) in [5.74, 6) is -1.07. The van der Waals surface area contributed by atoms with E-state index < -0.39 is 22.2 Å². The minimum absolute atomic E-state index is 0.240. The maximum atomic E-state index is 11.6. The van der Waals surface area contributed by atoms with Crippen molar-refractivity contribution >= 4 is 16.2 Å². The number of aliphatic carboxylic acids is 1. The van der Waals surface area contributed by atoms with Crippen molar-refractivity contribution in [1.82, 2.24) is 9.44 Å². The Labute approximate surface area is 106 Å². The summed E-state index contributed by atoms with van der Waals surface area (Å²) in [6, 6.07) is 7.81. The van der Waals surface area contributed by atoms with Gasteiger partial charge in [0.2, 0.25) is 0 Å². The van der Waals surface area contributed by atoms with Crippen LogP contribution in [0.25, 0.3) is 0 Å². The lowest BCUT2D eigenvalue weighted by molar-refractivity contribution is -0.137. The first kappa shape index (κ1) is 14.6. The second-order valence-electron chi connectivity index (χ2n) is 3.68. The monoisotopic (exact) mass is 272 g/mol. The third-order valence-corrected chi connectivity index (χ3v) is 3.48. The molecular weight excluding hydrogens is 256 g/mol. The number of carboxylic acid groups (broad SMARTS) is 1. The molecule has 1 aromatic rings. The van der Waals surface area contributed by atoms with Crippen molar-refractivity contribution in [3.63, 3.8) is 0 Å². The van der Waals surface area contributed by atoms with Crippen LogP contribution in [0.1, 0.15) is 24.9 Å². The van der Waals surface area contributed by atoms with Crippen LogP contribution in [0, 0.1) is 0 Å². The molecule has 6 nitrogen and oxygen atoms in total. The van der Waals surface area contributed by atoms with Gasteiger partial charge in [0.25, 0.3) is 10.2 Å². The predicted molar refractivity (Wildman–Crippen MR) is 67.2 cm³/mol. The van der Waals surface area contributed by atoms with Crippen LogP contribution < -0.4 is 9.44 Å². The average Bonchev–Trinajstić information content (AvgIpc) is 2.28. The molecule has 0 radical (unpaired) electrons. The third-order valence-electron chi connectivity index (χ3n) is 2.21. The summed E-state index contributed by atoms with van der Waals surface area (Å²) in [6.45, 7) is 1.89. The van der Waals surface area contributed by atoms with E-state index in [2.05, 4.69) is 9.44 Å². The number of benzene rings is 1. The van der Waals surface area contributed by atoms with Crippen molar-refractivity contribution in [2.75, 3.05) is 6.54 Å². The van der Waals surface area contributed by atoms with Crippen LogP contribution in [-0.4, -0.2) is 26.0 Å². The SMILES string of the molecule is CCNS(=O)(=O)NC(CC(=O)O)c1ccccc1. The Hall–Kier alpha value is -1.44. The summed E-state index contributed by atoms with van der Waals surface area (Å²) < 4.78 is 27.7. The molecule has 1 unspecified atom stereocenters. The van der Waals surface area contributed by atoms with E-state index in [1.54, 1.807) is 37.3 Å². The zero-order valence-electron chi connectivity index (χ0n) is 9.96. The molecule has 0 aromatic heterocycles. The van der Waals surface area contributed by atoms with E-state index in [0.717, 1.165) is 0 Å². The average molecular weight is 272 g/mol. The van der Waals surface area contributed by atoms with Gasteiger partial charge in [-0.05, 0) is 5.56 Å². The highest BCUT2D eigenvalue weighted by molar-refractivity contribution is 7.87. The molecule has 0 amide bonds. The Morgan fingerprint density at radius 2 is 1.94 bits per heavy atom. The number of carboxylic acids is 1. The Balaban J connectivity index is 2.90. The fourth-order valence-electron chi connectivity index (χ4n) is 1.51. The molecule has 100 valence electrons. The van der Waals surface area contributed by atoms with E-state index in [4.69, 9.17) is 5.11 Å². The van der Waals surface area contributed by atoms with Crippen molar-refractivity contribution in [3.05, 3.63) is 35.9 Å². The van der Waals surface area contributed by atoms with Crippen LogP contribution in [0.3, 0.4) is 0 Å². The molecule has 0 bridgehead atoms. The molecule has 1 aromatic carbocycles. The van der Waals surface area contributed by atoms with Crippen LogP contribution in [0.4, 0.5) is 0 Å². The van der Waals surface area contributed by atoms with Gasteiger partial charge in [0, 0.05) is 6.54 Å². The van der Waals surface area contributed by atoms with Crippen LogP contribution in [-0.2, 0) is 15.0 Å². The van der Waals surface area contributed by atoms with Gasteiger partial charge in [-0.15, -0.1) is 0 Å². The van der Waals surface area contributed by atoms with Gasteiger partial charge in [0.15, 0.2) is 0 Å². The quantitative estimate of drug-likeness (QED) is 0.679. The molecular formula is C11H16N2O4S. The molecule has 3 N–H and O–H groups in total. The van der Waals surface area contributed by atoms with E-state index >= 15 is 0 Å². The Morgan fingerprint density at radius 3 is 2.44 bits per heavy atom. The highest BCUT2D eigenvalue weighted by Crippen LogP contribution is 2.17. The minimum Gasteiger partial charge on any atom is -0.481 e. The smallest absolute Gasteiger partial charge is 0.305 e. The predicted octanol–water partition coefficient (Wildman–Crippen LogP) is 0.646. The highest BCUT2D eigenvalue weighted by Gasteiger charge is 2.21. The Kier molecular flexibility index (Phi) is 5.26. The standard InChI is InChI=1S/C11H16N2O4S/c1-2-12-18(16,17)13-10(8-11(14)15)9-6-4-3-5-7-9/h3-7,10,12-13H,2,8H2,1H3,(H,14,15). The van der Waals surface area contributed by atoms with Crippen molar-refractivity contribution in [1.29, 1.82) is 0 Å². The molecule has 0 saturated heterocycles. The summed E-state index contributed by atoms with van der Waals surface area (Å²) in [5, 5.41) is 8.82. The summed E-state index contributed by atoms with van der Waals surface area (Å²) in [4.78, 5) is 10.8. The molecule has 0 aliphatic heterocycles. The molecule has 0 saturated carbocycles. The van der Waals surface area contributed by atoms with Gasteiger partial charge in [-0.2, -0.15) is 13.1 Å². The lowest BCUT2D eigenvalue weighted by Gasteiger charge is -2.17. The molecule has 0 aliphatic rings. The van der Waals surface area contributed by atoms with Crippen LogP contribution >= 0.6 is 0 Å². The van der Waals surface area contributed by atoms with Crippen molar-refractivity contribution in [2.45, 2.75) is 19.4 Å². The van der Waals surface area contributed by atoms with Crippen molar-refractivity contribution in [3.8, 4) is 0 Å². The van der Waals surface area contributed by atoms with Crippen LogP contribution in [0.15, 0.2) is 30.3 Å². The second kappa shape index (κ2) is 6.48. The first-order valence-electron chi connectivity index (χ1n) is 5.48. The van der Waals surface area contributed by atoms with Gasteiger partial charge in [-0.1, -0.05) is 37.3 Å². The molecule has 1 rings (SSSR count). The maximum Gasteiger partial charge on any atom is 0.305 e. The molecule has 18 heavy (non-hydrogen) atoms. The number of hydrogen-bond acceptors (Lipinski definition) is 3. The fourth-order valence-corrected chi connectivity index (χ4v) is 2.56. The first-order valence-corrected chi connectivity index (χ1v) is 6.96. The second-order valence-corrected chi connectivity index (χ2v) is 5.21. The molecule has 1 atom stereocenters. The number of carbonyl (C=O) groups is 1. The molecule has 0 heterocycles. The zero-order valence-corrected chi connectivity index (χ0v) is 10.8. The molecule has 0 aliphatic carbocycles. The maximum absolute atomic E-state index is 11.6. The lowest BCUT2D eigenvalue weighted by atomic mass is 10.1.